The van der Waals surface area contributed by atoms with Crippen LogP contribution in [0.3, 0.4) is 0 Å². The minimum absolute atomic E-state index is 0.473. The third-order valence-electron chi connectivity index (χ3n) is 3.35. The molecule has 18 heavy (non-hydrogen) atoms. The van der Waals surface area contributed by atoms with E-state index in [0.717, 1.165) is 5.69 Å². The second-order valence-electron chi connectivity index (χ2n) is 4.38. The molecule has 0 aliphatic heterocycles. The smallest absolute Gasteiger partial charge is 0.0841 e. The Labute approximate surface area is 110 Å². The van der Waals surface area contributed by atoms with E-state index >= 15 is 0 Å². The van der Waals surface area contributed by atoms with Crippen LogP contribution in [0.1, 0.15) is 11.4 Å². The summed E-state index contributed by atoms with van der Waals surface area (Å²) in [5, 5.41) is 7.98. The SMILES string of the molecule is Cc1c(-c2csc3ccccc23)c(CN)nn1C. The normalized spacial score (nSPS) is 11.3. The van der Waals surface area contributed by atoms with Gasteiger partial charge in [-0.05, 0) is 18.4 Å². The molecule has 0 radical (unpaired) electrons. The quantitative estimate of drug-likeness (QED) is 0.766. The fourth-order valence-electron chi connectivity index (χ4n) is 2.34. The van der Waals surface area contributed by atoms with Crippen LogP contribution in [-0.2, 0) is 13.6 Å². The highest BCUT2D eigenvalue weighted by Crippen LogP contribution is 2.36. The molecule has 0 bridgehead atoms. The van der Waals surface area contributed by atoms with Crippen molar-refractivity contribution in [2.75, 3.05) is 0 Å². The van der Waals surface area contributed by atoms with Crippen LogP contribution >= 0.6 is 11.3 Å². The van der Waals surface area contributed by atoms with Crippen molar-refractivity contribution in [2.24, 2.45) is 12.8 Å². The molecule has 92 valence electrons. The molecule has 4 heteroatoms. The van der Waals surface area contributed by atoms with Crippen LogP contribution in [-0.4, -0.2) is 9.78 Å². The highest BCUT2D eigenvalue weighted by Gasteiger charge is 2.16. The molecular formula is C14H15N3S. The van der Waals surface area contributed by atoms with E-state index in [2.05, 4.69) is 41.7 Å². The lowest BCUT2D eigenvalue weighted by molar-refractivity contribution is 0.721. The summed E-state index contributed by atoms with van der Waals surface area (Å²) >= 11 is 1.77. The third kappa shape index (κ3) is 1.57. The zero-order chi connectivity index (χ0) is 12.7. The summed E-state index contributed by atoms with van der Waals surface area (Å²) in [6, 6.07) is 8.46. The van der Waals surface area contributed by atoms with Crippen LogP contribution in [0.2, 0.25) is 0 Å². The van der Waals surface area contributed by atoms with Crippen LogP contribution in [0.4, 0.5) is 0 Å². The highest BCUT2D eigenvalue weighted by atomic mass is 32.1. The van der Waals surface area contributed by atoms with Crippen molar-refractivity contribution in [3.63, 3.8) is 0 Å². The van der Waals surface area contributed by atoms with Gasteiger partial charge in [0.2, 0.25) is 0 Å². The first-order chi connectivity index (χ1) is 8.72. The number of aryl methyl sites for hydroxylation is 1. The maximum absolute atomic E-state index is 5.81. The van der Waals surface area contributed by atoms with Crippen molar-refractivity contribution in [1.82, 2.24) is 9.78 Å². The molecule has 3 aromatic rings. The highest BCUT2D eigenvalue weighted by molar-refractivity contribution is 7.17. The van der Waals surface area contributed by atoms with Gasteiger partial charge in [0.1, 0.15) is 0 Å². The molecule has 0 atom stereocenters. The first kappa shape index (κ1) is 11.4. The van der Waals surface area contributed by atoms with E-state index in [1.807, 2.05) is 11.7 Å². The van der Waals surface area contributed by atoms with Gasteiger partial charge in [-0.3, -0.25) is 4.68 Å². The molecule has 0 saturated carbocycles. The first-order valence-corrected chi connectivity index (χ1v) is 6.79. The molecule has 2 aromatic heterocycles. The van der Waals surface area contributed by atoms with Gasteiger partial charge < -0.3 is 5.73 Å². The third-order valence-corrected chi connectivity index (χ3v) is 4.31. The number of benzene rings is 1. The van der Waals surface area contributed by atoms with Gasteiger partial charge in [-0.25, -0.2) is 0 Å². The molecule has 0 spiro atoms. The summed E-state index contributed by atoms with van der Waals surface area (Å²) in [6.45, 7) is 2.56. The minimum Gasteiger partial charge on any atom is -0.325 e. The second kappa shape index (κ2) is 4.23. The molecule has 2 N–H and O–H groups in total. The molecule has 0 amide bonds. The number of aromatic nitrogens is 2. The molecule has 2 heterocycles. The maximum atomic E-state index is 5.81. The van der Waals surface area contributed by atoms with Crippen LogP contribution in [0.25, 0.3) is 21.2 Å². The molecular weight excluding hydrogens is 242 g/mol. The predicted octanol–water partition coefficient (Wildman–Crippen LogP) is 3.07. The van der Waals surface area contributed by atoms with Gasteiger partial charge in [-0.2, -0.15) is 5.10 Å². The lowest BCUT2D eigenvalue weighted by Crippen LogP contribution is -1.99. The Morgan fingerprint density at radius 3 is 2.89 bits per heavy atom. The molecule has 0 aliphatic rings. The molecule has 3 nitrogen and oxygen atoms in total. The van der Waals surface area contributed by atoms with E-state index in [0.29, 0.717) is 6.54 Å². The second-order valence-corrected chi connectivity index (χ2v) is 5.29. The van der Waals surface area contributed by atoms with Crippen LogP contribution in [0, 0.1) is 6.92 Å². The van der Waals surface area contributed by atoms with E-state index < -0.39 is 0 Å². The van der Waals surface area contributed by atoms with Gasteiger partial charge in [0.15, 0.2) is 0 Å². The van der Waals surface area contributed by atoms with Gasteiger partial charge in [-0.1, -0.05) is 18.2 Å². The fraction of sp³-hybridized carbons (Fsp3) is 0.214. The number of thiophene rings is 1. The minimum atomic E-state index is 0.473. The Bertz CT molecular complexity index is 709. The monoisotopic (exact) mass is 257 g/mol. The number of nitrogens with two attached hydrogens (primary N) is 1. The number of rotatable bonds is 2. The van der Waals surface area contributed by atoms with Crippen molar-refractivity contribution >= 4 is 21.4 Å². The summed E-state index contributed by atoms with van der Waals surface area (Å²) in [7, 11) is 1.96. The number of fused-ring (bicyclic) bond motifs is 1. The largest absolute Gasteiger partial charge is 0.325 e. The first-order valence-electron chi connectivity index (χ1n) is 5.91. The summed E-state index contributed by atoms with van der Waals surface area (Å²) in [6.07, 6.45) is 0. The summed E-state index contributed by atoms with van der Waals surface area (Å²) in [4.78, 5) is 0. The average Bonchev–Trinajstić information content (AvgIpc) is 2.92. The van der Waals surface area contributed by atoms with Crippen LogP contribution in [0.5, 0.6) is 0 Å². The lowest BCUT2D eigenvalue weighted by Gasteiger charge is -2.01. The van der Waals surface area contributed by atoms with Gasteiger partial charge >= 0.3 is 0 Å². The summed E-state index contributed by atoms with van der Waals surface area (Å²) in [5.74, 6) is 0. The maximum Gasteiger partial charge on any atom is 0.0841 e. The van der Waals surface area contributed by atoms with E-state index in [4.69, 9.17) is 5.73 Å². The van der Waals surface area contributed by atoms with Crippen molar-refractivity contribution in [1.29, 1.82) is 0 Å². The summed E-state index contributed by atoms with van der Waals surface area (Å²) < 4.78 is 3.21. The van der Waals surface area contributed by atoms with Gasteiger partial charge in [0, 0.05) is 40.5 Å². The fourth-order valence-corrected chi connectivity index (χ4v) is 3.29. The molecule has 0 fully saturated rings. The van der Waals surface area contributed by atoms with E-state index in [1.165, 1.54) is 26.9 Å². The molecule has 3 rings (SSSR count). The van der Waals surface area contributed by atoms with Gasteiger partial charge in [0.05, 0.1) is 5.69 Å². The molecule has 0 aliphatic carbocycles. The number of hydrogen-bond donors (Lipinski definition) is 1. The standard InChI is InChI=1S/C14H15N3S/c1-9-14(12(7-15)16-17(9)2)11-8-18-13-6-4-3-5-10(11)13/h3-6,8H,7,15H2,1-2H3. The lowest BCUT2D eigenvalue weighted by atomic mass is 10.0. The van der Waals surface area contributed by atoms with Crippen molar-refractivity contribution in [3.05, 3.63) is 41.0 Å². The van der Waals surface area contributed by atoms with E-state index in [-0.39, 0.29) is 0 Å². The average molecular weight is 257 g/mol. The Hall–Kier alpha value is -1.65. The topological polar surface area (TPSA) is 43.8 Å². The van der Waals surface area contributed by atoms with Crippen LogP contribution < -0.4 is 5.73 Å². The Balaban J connectivity index is 2.32. The summed E-state index contributed by atoms with van der Waals surface area (Å²) in [5.41, 5.74) is 10.4. The Morgan fingerprint density at radius 1 is 1.33 bits per heavy atom. The predicted molar refractivity (Wildman–Crippen MR) is 76.7 cm³/mol. The van der Waals surface area contributed by atoms with Crippen molar-refractivity contribution in [2.45, 2.75) is 13.5 Å². The molecule has 0 unspecified atom stereocenters. The zero-order valence-electron chi connectivity index (χ0n) is 10.5. The Morgan fingerprint density at radius 2 is 2.11 bits per heavy atom. The van der Waals surface area contributed by atoms with Crippen LogP contribution in [0.15, 0.2) is 29.6 Å². The van der Waals surface area contributed by atoms with Crippen molar-refractivity contribution < 1.29 is 0 Å². The van der Waals surface area contributed by atoms with Crippen molar-refractivity contribution in [3.8, 4) is 11.1 Å². The number of hydrogen-bond acceptors (Lipinski definition) is 3. The van der Waals surface area contributed by atoms with E-state index in [9.17, 15) is 0 Å². The molecule has 0 saturated heterocycles. The van der Waals surface area contributed by atoms with E-state index in [1.54, 1.807) is 11.3 Å². The molecule has 1 aromatic carbocycles. The Kier molecular flexibility index (Phi) is 2.69. The zero-order valence-corrected chi connectivity index (χ0v) is 11.3. The number of nitrogens with zero attached hydrogens (tertiary/aromatic N) is 2. The van der Waals surface area contributed by atoms with Gasteiger partial charge in [-0.15, -0.1) is 11.3 Å². The van der Waals surface area contributed by atoms with Gasteiger partial charge in [0.25, 0.3) is 0 Å².